The first kappa shape index (κ1) is 29.0. The average molecular weight is 652 g/mol. The van der Waals surface area contributed by atoms with E-state index in [-0.39, 0.29) is 0 Å². The van der Waals surface area contributed by atoms with Crippen molar-refractivity contribution in [1.82, 2.24) is 15.0 Å². The van der Waals surface area contributed by atoms with Crippen LogP contribution in [0.3, 0.4) is 0 Å². The topological polar surface area (TPSA) is 51.8 Å². The summed E-state index contributed by atoms with van der Waals surface area (Å²) in [6.45, 7) is 0. The summed E-state index contributed by atoms with van der Waals surface area (Å²) < 4.78 is 6.28. The van der Waals surface area contributed by atoms with Gasteiger partial charge in [0.25, 0.3) is 0 Å². The number of rotatable bonds is 5. The number of benzene rings is 8. The molecule has 2 aromatic heterocycles. The normalized spacial score (nSPS) is 11.5. The van der Waals surface area contributed by atoms with Gasteiger partial charge in [0.1, 0.15) is 11.2 Å². The van der Waals surface area contributed by atoms with Crippen molar-refractivity contribution in [2.75, 3.05) is 0 Å². The molecule has 0 bridgehead atoms. The summed E-state index contributed by atoms with van der Waals surface area (Å²) in [5, 5.41) is 6.80. The Morgan fingerprint density at radius 3 is 1.76 bits per heavy atom. The van der Waals surface area contributed by atoms with Gasteiger partial charge in [-0.1, -0.05) is 140 Å². The summed E-state index contributed by atoms with van der Waals surface area (Å²) in [4.78, 5) is 15.5. The summed E-state index contributed by atoms with van der Waals surface area (Å²) in [5.41, 5.74) is 8.94. The van der Waals surface area contributed by atoms with Crippen molar-refractivity contribution < 1.29 is 4.42 Å². The molecule has 0 N–H and O–H groups in total. The lowest BCUT2D eigenvalue weighted by atomic mass is 9.96. The van der Waals surface area contributed by atoms with Gasteiger partial charge in [-0.15, -0.1) is 0 Å². The second kappa shape index (κ2) is 11.9. The van der Waals surface area contributed by atoms with Crippen LogP contribution in [-0.4, -0.2) is 15.0 Å². The van der Waals surface area contributed by atoms with Crippen molar-refractivity contribution in [3.8, 4) is 56.4 Å². The molecule has 0 fully saturated rings. The zero-order valence-corrected chi connectivity index (χ0v) is 27.5. The van der Waals surface area contributed by atoms with E-state index < -0.39 is 0 Å². The quantitative estimate of drug-likeness (QED) is 0.186. The van der Waals surface area contributed by atoms with Crippen LogP contribution in [0.15, 0.2) is 180 Å². The van der Waals surface area contributed by atoms with E-state index in [1.165, 1.54) is 16.3 Å². The number of furan rings is 1. The molecule has 0 saturated carbocycles. The summed E-state index contributed by atoms with van der Waals surface area (Å²) in [6, 6.07) is 61.2. The van der Waals surface area contributed by atoms with Gasteiger partial charge in [-0.3, -0.25) is 0 Å². The first-order valence-corrected chi connectivity index (χ1v) is 17.1. The van der Waals surface area contributed by atoms with Gasteiger partial charge in [0, 0.05) is 27.5 Å². The van der Waals surface area contributed by atoms with Gasteiger partial charge in [0.05, 0.1) is 0 Å². The van der Waals surface area contributed by atoms with Gasteiger partial charge in [0.15, 0.2) is 17.5 Å². The van der Waals surface area contributed by atoms with Crippen molar-refractivity contribution >= 4 is 43.5 Å². The van der Waals surface area contributed by atoms with Crippen LogP contribution in [-0.2, 0) is 0 Å². The maximum Gasteiger partial charge on any atom is 0.164 e. The van der Waals surface area contributed by atoms with E-state index in [1.54, 1.807) is 0 Å². The fourth-order valence-electron chi connectivity index (χ4n) is 7.10. The van der Waals surface area contributed by atoms with Crippen LogP contribution in [0.4, 0.5) is 0 Å². The molecule has 238 valence electrons. The van der Waals surface area contributed by atoms with Crippen LogP contribution in [0.5, 0.6) is 0 Å². The van der Waals surface area contributed by atoms with Crippen LogP contribution in [0.1, 0.15) is 0 Å². The third-order valence-corrected chi connectivity index (χ3v) is 9.71. The Bertz CT molecular complexity index is 2930. The van der Waals surface area contributed by atoms with Crippen molar-refractivity contribution in [2.24, 2.45) is 0 Å². The molecule has 0 spiro atoms. The molecule has 0 aliphatic rings. The van der Waals surface area contributed by atoms with Gasteiger partial charge in [-0.2, -0.15) is 0 Å². The van der Waals surface area contributed by atoms with Crippen LogP contribution < -0.4 is 0 Å². The summed E-state index contributed by atoms with van der Waals surface area (Å²) >= 11 is 0. The molecule has 0 saturated heterocycles. The van der Waals surface area contributed by atoms with Crippen LogP contribution >= 0.6 is 0 Å². The summed E-state index contributed by atoms with van der Waals surface area (Å²) in [7, 11) is 0. The van der Waals surface area contributed by atoms with E-state index in [0.29, 0.717) is 17.5 Å². The predicted octanol–water partition coefficient (Wildman–Crippen LogP) is 12.4. The standard InChI is InChI=1S/C47H29N3O/c1-2-10-30(11-3-1)34-15-8-16-37(27-34)45-48-46(38-24-25-40-39-17-6-7-19-43(39)51-44(40)29-38)50-47(49-45)41-18-9-14-32-21-23-36(28-42(32)41)35-22-20-31-12-4-5-13-33(31)26-35/h1-29H. The summed E-state index contributed by atoms with van der Waals surface area (Å²) in [6.07, 6.45) is 0. The lowest BCUT2D eigenvalue weighted by molar-refractivity contribution is 0.669. The number of nitrogens with zero attached hydrogens (tertiary/aromatic N) is 3. The van der Waals surface area contributed by atoms with Crippen molar-refractivity contribution in [1.29, 1.82) is 0 Å². The number of aromatic nitrogens is 3. The maximum atomic E-state index is 6.28. The fraction of sp³-hybridized carbons (Fsp3) is 0. The number of fused-ring (bicyclic) bond motifs is 5. The van der Waals surface area contributed by atoms with Crippen molar-refractivity contribution in [3.05, 3.63) is 176 Å². The Hall–Kier alpha value is -6.91. The van der Waals surface area contributed by atoms with Gasteiger partial charge in [-0.05, 0) is 80.2 Å². The molecule has 10 rings (SSSR count). The zero-order valence-electron chi connectivity index (χ0n) is 27.5. The first-order chi connectivity index (χ1) is 25.2. The molecule has 51 heavy (non-hydrogen) atoms. The van der Waals surface area contributed by atoms with E-state index in [0.717, 1.165) is 66.1 Å². The fourth-order valence-corrected chi connectivity index (χ4v) is 7.10. The van der Waals surface area contributed by atoms with Gasteiger partial charge >= 0.3 is 0 Å². The molecule has 8 aromatic carbocycles. The molecule has 0 atom stereocenters. The van der Waals surface area contributed by atoms with Gasteiger partial charge in [-0.25, -0.2) is 15.0 Å². The first-order valence-electron chi connectivity index (χ1n) is 17.1. The molecular weight excluding hydrogens is 623 g/mol. The Labute approximate surface area is 294 Å². The van der Waals surface area contributed by atoms with E-state index >= 15 is 0 Å². The highest BCUT2D eigenvalue weighted by atomic mass is 16.3. The molecule has 0 aliphatic heterocycles. The molecule has 2 heterocycles. The lowest BCUT2D eigenvalue weighted by Gasteiger charge is -2.12. The number of para-hydroxylation sites is 1. The second-order valence-electron chi connectivity index (χ2n) is 12.9. The summed E-state index contributed by atoms with van der Waals surface area (Å²) in [5.74, 6) is 1.82. The van der Waals surface area contributed by atoms with Crippen molar-refractivity contribution in [3.63, 3.8) is 0 Å². The molecule has 0 aliphatic carbocycles. The van der Waals surface area contributed by atoms with E-state index in [1.807, 2.05) is 30.3 Å². The molecular formula is C47H29N3O. The van der Waals surface area contributed by atoms with Crippen LogP contribution in [0, 0.1) is 0 Å². The molecule has 4 heteroatoms. The average Bonchev–Trinajstić information content (AvgIpc) is 3.58. The number of hydrogen-bond acceptors (Lipinski definition) is 4. The Morgan fingerprint density at radius 2 is 0.882 bits per heavy atom. The highest BCUT2D eigenvalue weighted by Gasteiger charge is 2.17. The third-order valence-electron chi connectivity index (χ3n) is 9.71. The molecule has 10 aromatic rings. The van der Waals surface area contributed by atoms with E-state index in [9.17, 15) is 0 Å². The molecule has 0 radical (unpaired) electrons. The largest absolute Gasteiger partial charge is 0.456 e. The van der Waals surface area contributed by atoms with Crippen LogP contribution in [0.25, 0.3) is 99.9 Å². The third kappa shape index (κ3) is 5.22. The Morgan fingerprint density at radius 1 is 0.294 bits per heavy atom. The minimum atomic E-state index is 0.588. The second-order valence-corrected chi connectivity index (χ2v) is 12.9. The highest BCUT2D eigenvalue weighted by molar-refractivity contribution is 6.06. The predicted molar refractivity (Wildman–Crippen MR) is 209 cm³/mol. The van der Waals surface area contributed by atoms with Crippen LogP contribution in [0.2, 0.25) is 0 Å². The molecule has 0 unspecified atom stereocenters. The Balaban J connectivity index is 1.17. The maximum absolute atomic E-state index is 6.28. The number of hydrogen-bond donors (Lipinski definition) is 0. The van der Waals surface area contributed by atoms with Crippen molar-refractivity contribution in [2.45, 2.75) is 0 Å². The van der Waals surface area contributed by atoms with E-state index in [2.05, 4.69) is 146 Å². The minimum absolute atomic E-state index is 0.588. The molecule has 0 amide bonds. The monoisotopic (exact) mass is 651 g/mol. The Kier molecular flexibility index (Phi) is 6.78. The van der Waals surface area contributed by atoms with Gasteiger partial charge < -0.3 is 4.42 Å². The SMILES string of the molecule is c1ccc(-c2cccc(-c3nc(-c4ccc5c(c4)oc4ccccc45)nc(-c4cccc5ccc(-c6ccc7ccccc7c6)cc45)n3)c2)cc1. The smallest absolute Gasteiger partial charge is 0.164 e. The van der Waals surface area contributed by atoms with E-state index in [4.69, 9.17) is 19.4 Å². The minimum Gasteiger partial charge on any atom is -0.456 e. The highest BCUT2D eigenvalue weighted by Crippen LogP contribution is 2.36. The zero-order chi connectivity index (χ0) is 33.7. The molecule has 4 nitrogen and oxygen atoms in total. The van der Waals surface area contributed by atoms with Gasteiger partial charge in [0.2, 0.25) is 0 Å². The lowest BCUT2D eigenvalue weighted by Crippen LogP contribution is -2.00.